The van der Waals surface area contributed by atoms with Crippen molar-refractivity contribution in [3.8, 4) is 0 Å². The molecule has 0 saturated carbocycles. The highest BCUT2D eigenvalue weighted by Crippen LogP contribution is 2.34. The summed E-state index contributed by atoms with van der Waals surface area (Å²) in [6, 6.07) is 2.52. The Hall–Kier alpha value is -1.25. The van der Waals surface area contributed by atoms with Gasteiger partial charge in [0.15, 0.2) is 0 Å². The van der Waals surface area contributed by atoms with E-state index in [1.807, 2.05) is 0 Å². The molecular formula is C11H8BrF6NO. The van der Waals surface area contributed by atoms with Gasteiger partial charge < -0.3 is 5.32 Å². The largest absolute Gasteiger partial charge is 0.471 e. The summed E-state index contributed by atoms with van der Waals surface area (Å²) in [5.41, 5.74) is -1.70. The van der Waals surface area contributed by atoms with Gasteiger partial charge in [0.05, 0.1) is 5.56 Å². The Balaban J connectivity index is 3.10. The van der Waals surface area contributed by atoms with Crippen LogP contribution in [0.25, 0.3) is 0 Å². The van der Waals surface area contributed by atoms with Crippen molar-refractivity contribution in [3.63, 3.8) is 0 Å². The fourth-order valence-corrected chi connectivity index (χ4v) is 1.87. The van der Waals surface area contributed by atoms with E-state index in [0.29, 0.717) is 6.07 Å². The molecule has 20 heavy (non-hydrogen) atoms. The number of benzene rings is 1. The number of anilines is 1. The molecule has 0 aromatic heterocycles. The molecule has 1 rings (SSSR count). The van der Waals surface area contributed by atoms with Crippen molar-refractivity contribution in [2.75, 3.05) is 10.6 Å². The van der Waals surface area contributed by atoms with E-state index in [-0.39, 0.29) is 17.3 Å². The van der Waals surface area contributed by atoms with Gasteiger partial charge in [-0.05, 0) is 24.1 Å². The van der Waals surface area contributed by atoms with Crippen molar-refractivity contribution in [2.24, 2.45) is 0 Å². The number of nitrogens with one attached hydrogen (secondary N) is 1. The lowest BCUT2D eigenvalue weighted by Gasteiger charge is -2.15. The zero-order valence-corrected chi connectivity index (χ0v) is 11.3. The lowest BCUT2D eigenvalue weighted by atomic mass is 10.0. The minimum absolute atomic E-state index is 0.0579. The summed E-state index contributed by atoms with van der Waals surface area (Å²) in [5, 5.41) is 1.66. The second kappa shape index (κ2) is 6.02. The third kappa shape index (κ3) is 4.39. The Labute approximate surface area is 118 Å². The molecule has 0 heterocycles. The maximum Gasteiger partial charge on any atom is 0.471 e. The lowest BCUT2D eigenvalue weighted by molar-refractivity contribution is -0.167. The molecule has 1 aromatic rings. The first-order valence-corrected chi connectivity index (χ1v) is 6.32. The normalized spacial score (nSPS) is 12.3. The van der Waals surface area contributed by atoms with Crippen LogP contribution in [-0.2, 0) is 17.4 Å². The smallest absolute Gasteiger partial charge is 0.318 e. The van der Waals surface area contributed by atoms with E-state index in [1.165, 1.54) is 5.32 Å². The van der Waals surface area contributed by atoms with Crippen LogP contribution in [0.1, 0.15) is 11.1 Å². The summed E-state index contributed by atoms with van der Waals surface area (Å²) < 4.78 is 74.4. The number of hydrogen-bond acceptors (Lipinski definition) is 1. The molecule has 0 atom stereocenters. The molecule has 0 bridgehead atoms. The van der Waals surface area contributed by atoms with Crippen molar-refractivity contribution in [2.45, 2.75) is 18.8 Å². The van der Waals surface area contributed by atoms with E-state index in [2.05, 4.69) is 15.9 Å². The van der Waals surface area contributed by atoms with Gasteiger partial charge in [0.1, 0.15) is 0 Å². The molecule has 1 amide bonds. The van der Waals surface area contributed by atoms with Gasteiger partial charge in [-0.1, -0.05) is 22.0 Å². The van der Waals surface area contributed by atoms with Crippen LogP contribution in [0.15, 0.2) is 18.2 Å². The molecule has 0 spiro atoms. The van der Waals surface area contributed by atoms with Crippen molar-refractivity contribution in [1.29, 1.82) is 0 Å². The Kier molecular flexibility index (Phi) is 5.06. The minimum atomic E-state index is -5.16. The molecule has 0 aliphatic carbocycles. The second-order valence-electron chi connectivity index (χ2n) is 3.76. The number of carbonyl (C=O) groups excluding carboxylic acids is 1. The molecule has 0 saturated heterocycles. The van der Waals surface area contributed by atoms with Gasteiger partial charge in [-0.25, -0.2) is 0 Å². The fraction of sp³-hybridized carbons (Fsp3) is 0.364. The summed E-state index contributed by atoms with van der Waals surface area (Å²) in [4.78, 5) is 10.7. The first-order chi connectivity index (χ1) is 9.05. The van der Waals surface area contributed by atoms with Crippen molar-refractivity contribution < 1.29 is 31.1 Å². The predicted molar refractivity (Wildman–Crippen MR) is 63.6 cm³/mol. The zero-order chi connectivity index (χ0) is 15.6. The van der Waals surface area contributed by atoms with E-state index in [1.54, 1.807) is 0 Å². The highest BCUT2D eigenvalue weighted by molar-refractivity contribution is 9.09. The van der Waals surface area contributed by atoms with Crippen LogP contribution < -0.4 is 5.32 Å². The molecule has 2 nitrogen and oxygen atoms in total. The Morgan fingerprint density at radius 1 is 1.15 bits per heavy atom. The van der Waals surface area contributed by atoms with Crippen LogP contribution in [-0.4, -0.2) is 17.4 Å². The quantitative estimate of drug-likeness (QED) is 0.634. The number of amides is 1. The number of carbonyl (C=O) groups is 1. The van der Waals surface area contributed by atoms with Gasteiger partial charge in [-0.3, -0.25) is 4.79 Å². The molecule has 9 heteroatoms. The highest BCUT2D eigenvalue weighted by Gasteiger charge is 2.39. The van der Waals surface area contributed by atoms with Gasteiger partial charge in [-0.15, -0.1) is 0 Å². The number of aryl methyl sites for hydroxylation is 1. The standard InChI is InChI=1S/C11H8BrF6NO/c12-4-3-6-1-2-7(5-8(6)10(13,14)15)19-9(20)11(16,17)18/h1-2,5H,3-4H2,(H,19,20). The molecule has 0 radical (unpaired) electrons. The summed E-state index contributed by atoms with van der Waals surface area (Å²) >= 11 is 2.99. The van der Waals surface area contributed by atoms with Crippen molar-refractivity contribution in [1.82, 2.24) is 0 Å². The summed E-state index contributed by atoms with van der Waals surface area (Å²) in [6.07, 6.45) is -9.81. The fourth-order valence-electron chi connectivity index (χ4n) is 1.44. The zero-order valence-electron chi connectivity index (χ0n) is 9.70. The van der Waals surface area contributed by atoms with Gasteiger partial charge in [0.2, 0.25) is 0 Å². The number of halogens is 7. The van der Waals surface area contributed by atoms with Crippen LogP contribution in [0.4, 0.5) is 32.0 Å². The minimum Gasteiger partial charge on any atom is -0.318 e. The Morgan fingerprint density at radius 2 is 1.75 bits per heavy atom. The molecule has 0 fully saturated rings. The van der Waals surface area contributed by atoms with Crippen molar-refractivity contribution in [3.05, 3.63) is 29.3 Å². The van der Waals surface area contributed by atoms with E-state index >= 15 is 0 Å². The first-order valence-electron chi connectivity index (χ1n) is 5.20. The average molecular weight is 364 g/mol. The summed E-state index contributed by atoms with van der Waals surface area (Å²) in [7, 11) is 0. The Bertz CT molecular complexity index is 497. The van der Waals surface area contributed by atoms with Crippen LogP contribution >= 0.6 is 15.9 Å². The second-order valence-corrected chi connectivity index (χ2v) is 4.55. The summed E-state index contributed by atoms with van der Waals surface area (Å²) in [5.74, 6) is -2.32. The van der Waals surface area contributed by atoms with Gasteiger partial charge in [-0.2, -0.15) is 26.3 Å². The monoisotopic (exact) mass is 363 g/mol. The SMILES string of the molecule is O=C(Nc1ccc(CCBr)c(C(F)(F)F)c1)C(F)(F)F. The third-order valence-electron chi connectivity index (χ3n) is 2.29. The van der Waals surface area contributed by atoms with Gasteiger partial charge in [0.25, 0.3) is 0 Å². The van der Waals surface area contributed by atoms with Crippen LogP contribution in [0, 0.1) is 0 Å². The molecule has 112 valence electrons. The maximum absolute atomic E-state index is 12.8. The molecule has 0 aliphatic rings. The van der Waals surface area contributed by atoms with E-state index < -0.39 is 29.5 Å². The molecule has 1 aromatic carbocycles. The molecule has 0 unspecified atom stereocenters. The number of alkyl halides is 7. The number of hydrogen-bond donors (Lipinski definition) is 1. The average Bonchev–Trinajstić information content (AvgIpc) is 2.28. The molecule has 0 aliphatic heterocycles. The topological polar surface area (TPSA) is 29.1 Å². The van der Waals surface area contributed by atoms with Crippen LogP contribution in [0.3, 0.4) is 0 Å². The third-order valence-corrected chi connectivity index (χ3v) is 2.69. The molecule has 1 N–H and O–H groups in total. The van der Waals surface area contributed by atoms with E-state index in [4.69, 9.17) is 0 Å². The Morgan fingerprint density at radius 3 is 2.20 bits per heavy atom. The lowest BCUT2D eigenvalue weighted by Crippen LogP contribution is -2.30. The van der Waals surface area contributed by atoms with Crippen molar-refractivity contribution >= 4 is 27.5 Å². The predicted octanol–water partition coefficient (Wildman–Crippen LogP) is 4.14. The summed E-state index contributed by atoms with van der Waals surface area (Å²) in [6.45, 7) is 0. The van der Waals surface area contributed by atoms with E-state index in [9.17, 15) is 31.1 Å². The van der Waals surface area contributed by atoms with Gasteiger partial charge in [0, 0.05) is 11.0 Å². The first kappa shape index (κ1) is 16.8. The highest BCUT2D eigenvalue weighted by atomic mass is 79.9. The van der Waals surface area contributed by atoms with Crippen LogP contribution in [0.2, 0.25) is 0 Å². The number of rotatable bonds is 3. The van der Waals surface area contributed by atoms with Gasteiger partial charge >= 0.3 is 18.3 Å². The molecular weight excluding hydrogens is 356 g/mol. The maximum atomic E-state index is 12.8. The van der Waals surface area contributed by atoms with Crippen LogP contribution in [0.5, 0.6) is 0 Å². The van der Waals surface area contributed by atoms with E-state index in [0.717, 1.165) is 12.1 Å².